The SMILES string of the molecule is CN(C)c1ccc(CNC(=O)CCc2nc(-c3ccc(N4CCCCC4)cc3)no2)cc1. The van der Waals surface area contributed by atoms with Crippen LogP contribution in [0.25, 0.3) is 11.4 Å². The second-order valence-corrected chi connectivity index (χ2v) is 8.44. The first-order valence-electron chi connectivity index (χ1n) is 11.3. The fraction of sp³-hybridized carbons (Fsp3) is 0.400. The van der Waals surface area contributed by atoms with E-state index >= 15 is 0 Å². The second kappa shape index (κ2) is 10.3. The number of nitrogens with one attached hydrogen (secondary N) is 1. The fourth-order valence-electron chi connectivity index (χ4n) is 3.87. The van der Waals surface area contributed by atoms with Crippen LogP contribution in [0.15, 0.2) is 53.1 Å². The summed E-state index contributed by atoms with van der Waals surface area (Å²) in [4.78, 5) is 21.1. The molecule has 0 radical (unpaired) electrons. The zero-order valence-electron chi connectivity index (χ0n) is 18.9. The van der Waals surface area contributed by atoms with E-state index in [4.69, 9.17) is 4.52 Å². The molecule has 1 amide bonds. The van der Waals surface area contributed by atoms with E-state index < -0.39 is 0 Å². The smallest absolute Gasteiger partial charge is 0.227 e. The number of carbonyl (C=O) groups excluding carboxylic acids is 1. The molecule has 3 aromatic rings. The third-order valence-electron chi connectivity index (χ3n) is 5.82. The highest BCUT2D eigenvalue weighted by atomic mass is 16.5. The number of piperidine rings is 1. The van der Waals surface area contributed by atoms with Crippen LogP contribution in [0.3, 0.4) is 0 Å². The minimum atomic E-state index is -0.0349. The van der Waals surface area contributed by atoms with Crippen molar-refractivity contribution in [2.75, 3.05) is 37.0 Å². The van der Waals surface area contributed by atoms with Gasteiger partial charge in [-0.05, 0) is 61.2 Å². The average molecular weight is 434 g/mol. The molecule has 2 aromatic carbocycles. The van der Waals surface area contributed by atoms with Crippen molar-refractivity contribution in [3.8, 4) is 11.4 Å². The van der Waals surface area contributed by atoms with Crippen molar-refractivity contribution in [2.45, 2.75) is 38.6 Å². The summed E-state index contributed by atoms with van der Waals surface area (Å²) in [5.41, 5.74) is 4.36. The summed E-state index contributed by atoms with van der Waals surface area (Å²) < 4.78 is 5.36. The van der Waals surface area contributed by atoms with Crippen LogP contribution in [0, 0.1) is 0 Å². The predicted octanol–water partition coefficient (Wildman–Crippen LogP) is 4.04. The van der Waals surface area contributed by atoms with Crippen LogP contribution < -0.4 is 15.1 Å². The average Bonchev–Trinajstić information content (AvgIpc) is 3.31. The lowest BCUT2D eigenvalue weighted by Crippen LogP contribution is -2.29. The Hall–Kier alpha value is -3.35. The molecule has 0 bridgehead atoms. The lowest BCUT2D eigenvalue weighted by Gasteiger charge is -2.28. The van der Waals surface area contributed by atoms with Crippen LogP contribution in [-0.4, -0.2) is 43.2 Å². The second-order valence-electron chi connectivity index (χ2n) is 8.44. The van der Waals surface area contributed by atoms with E-state index in [1.807, 2.05) is 55.4 Å². The topological polar surface area (TPSA) is 74.5 Å². The monoisotopic (exact) mass is 433 g/mol. The van der Waals surface area contributed by atoms with Gasteiger partial charge in [0.15, 0.2) is 0 Å². The first kappa shape index (κ1) is 21.9. The molecule has 4 rings (SSSR count). The van der Waals surface area contributed by atoms with E-state index in [1.165, 1.54) is 24.9 Å². The van der Waals surface area contributed by atoms with Gasteiger partial charge in [0.25, 0.3) is 0 Å². The zero-order chi connectivity index (χ0) is 22.3. The van der Waals surface area contributed by atoms with E-state index in [0.29, 0.717) is 31.1 Å². The molecule has 1 N–H and O–H groups in total. The number of aromatic nitrogens is 2. The molecule has 32 heavy (non-hydrogen) atoms. The van der Waals surface area contributed by atoms with Gasteiger partial charge in [0.05, 0.1) is 0 Å². The molecule has 0 saturated carbocycles. The number of benzene rings is 2. The summed E-state index contributed by atoms with van der Waals surface area (Å²) in [7, 11) is 4.01. The molecule has 0 aliphatic carbocycles. The lowest BCUT2D eigenvalue weighted by atomic mass is 10.1. The molecule has 1 saturated heterocycles. The van der Waals surface area contributed by atoms with Gasteiger partial charge >= 0.3 is 0 Å². The Morgan fingerprint density at radius 2 is 1.75 bits per heavy atom. The van der Waals surface area contributed by atoms with Gasteiger partial charge in [0, 0.05) is 63.5 Å². The van der Waals surface area contributed by atoms with E-state index in [1.54, 1.807) is 0 Å². The molecular weight excluding hydrogens is 402 g/mol. The normalized spacial score (nSPS) is 13.8. The van der Waals surface area contributed by atoms with Crippen molar-refractivity contribution >= 4 is 17.3 Å². The number of nitrogens with zero attached hydrogens (tertiary/aromatic N) is 4. The summed E-state index contributed by atoms with van der Waals surface area (Å²) in [6.45, 7) is 2.75. The maximum Gasteiger partial charge on any atom is 0.227 e. The molecule has 0 spiro atoms. The van der Waals surface area contributed by atoms with Gasteiger partial charge in [-0.25, -0.2) is 0 Å². The minimum absolute atomic E-state index is 0.0349. The molecule has 0 unspecified atom stereocenters. The molecule has 0 atom stereocenters. The Bertz CT molecular complexity index is 1010. The number of rotatable bonds is 8. The Labute approximate surface area is 189 Å². The number of amides is 1. The maximum absolute atomic E-state index is 12.2. The van der Waals surface area contributed by atoms with Crippen LogP contribution >= 0.6 is 0 Å². The van der Waals surface area contributed by atoms with Gasteiger partial charge in [-0.3, -0.25) is 4.79 Å². The van der Waals surface area contributed by atoms with Gasteiger partial charge in [0.1, 0.15) is 0 Å². The van der Waals surface area contributed by atoms with Crippen LogP contribution in [0.1, 0.15) is 37.1 Å². The van der Waals surface area contributed by atoms with Gasteiger partial charge in [-0.15, -0.1) is 0 Å². The van der Waals surface area contributed by atoms with Crippen molar-refractivity contribution in [3.63, 3.8) is 0 Å². The number of aryl methyl sites for hydroxylation is 1. The highest BCUT2D eigenvalue weighted by Gasteiger charge is 2.13. The third-order valence-corrected chi connectivity index (χ3v) is 5.82. The Morgan fingerprint density at radius 3 is 2.44 bits per heavy atom. The van der Waals surface area contributed by atoms with Gasteiger partial charge in [0.2, 0.25) is 17.6 Å². The molecule has 2 heterocycles. The Morgan fingerprint density at radius 1 is 1.03 bits per heavy atom. The first-order chi connectivity index (χ1) is 15.6. The van der Waals surface area contributed by atoms with E-state index in [2.05, 4.69) is 32.5 Å². The number of hydrogen-bond donors (Lipinski definition) is 1. The van der Waals surface area contributed by atoms with E-state index in [9.17, 15) is 4.79 Å². The molecule has 1 aromatic heterocycles. The zero-order valence-corrected chi connectivity index (χ0v) is 18.9. The Balaban J connectivity index is 1.25. The number of carbonyl (C=O) groups is 1. The number of anilines is 2. The van der Waals surface area contributed by atoms with Crippen LogP contribution in [0.2, 0.25) is 0 Å². The molecule has 1 aliphatic heterocycles. The van der Waals surface area contributed by atoms with Gasteiger partial charge in [-0.2, -0.15) is 4.98 Å². The van der Waals surface area contributed by atoms with Gasteiger partial charge < -0.3 is 19.6 Å². The molecule has 1 fully saturated rings. The quantitative estimate of drug-likeness (QED) is 0.578. The first-order valence-corrected chi connectivity index (χ1v) is 11.3. The van der Waals surface area contributed by atoms with Crippen LogP contribution in [0.5, 0.6) is 0 Å². The maximum atomic E-state index is 12.2. The minimum Gasteiger partial charge on any atom is -0.378 e. The largest absolute Gasteiger partial charge is 0.378 e. The van der Waals surface area contributed by atoms with E-state index in [-0.39, 0.29) is 5.91 Å². The molecule has 7 heteroatoms. The van der Waals surface area contributed by atoms with Crippen LogP contribution in [0.4, 0.5) is 11.4 Å². The van der Waals surface area contributed by atoms with Crippen molar-refractivity contribution in [3.05, 3.63) is 60.0 Å². The highest BCUT2D eigenvalue weighted by Crippen LogP contribution is 2.24. The van der Waals surface area contributed by atoms with Crippen LogP contribution in [-0.2, 0) is 17.8 Å². The predicted molar refractivity (Wildman–Crippen MR) is 127 cm³/mol. The molecule has 168 valence electrons. The van der Waals surface area contributed by atoms with Crippen molar-refractivity contribution in [2.24, 2.45) is 0 Å². The van der Waals surface area contributed by atoms with Crippen molar-refractivity contribution < 1.29 is 9.32 Å². The third kappa shape index (κ3) is 5.66. The summed E-state index contributed by atoms with van der Waals surface area (Å²) in [6, 6.07) is 16.4. The van der Waals surface area contributed by atoms with Gasteiger partial charge in [-0.1, -0.05) is 17.3 Å². The van der Waals surface area contributed by atoms with Crippen molar-refractivity contribution in [1.29, 1.82) is 0 Å². The number of hydrogen-bond acceptors (Lipinski definition) is 6. The lowest BCUT2D eigenvalue weighted by molar-refractivity contribution is -0.121. The molecule has 7 nitrogen and oxygen atoms in total. The molecular formula is C25H31N5O2. The van der Waals surface area contributed by atoms with E-state index in [0.717, 1.165) is 29.9 Å². The van der Waals surface area contributed by atoms with Crippen molar-refractivity contribution in [1.82, 2.24) is 15.5 Å². The summed E-state index contributed by atoms with van der Waals surface area (Å²) in [6.07, 6.45) is 4.57. The Kier molecular flexibility index (Phi) is 7.04. The summed E-state index contributed by atoms with van der Waals surface area (Å²) in [5.74, 6) is 1.00. The standard InChI is InChI=1S/C25H31N5O2/c1-29(2)21-10-6-19(7-11-21)18-26-23(31)14-15-24-27-25(28-32-24)20-8-12-22(13-9-20)30-16-4-3-5-17-30/h6-13H,3-5,14-18H2,1-2H3,(H,26,31). The summed E-state index contributed by atoms with van der Waals surface area (Å²) >= 11 is 0. The highest BCUT2D eigenvalue weighted by molar-refractivity contribution is 5.76. The fourth-order valence-corrected chi connectivity index (χ4v) is 3.87. The molecule has 1 aliphatic rings. The summed E-state index contributed by atoms with van der Waals surface area (Å²) in [5, 5.41) is 7.03.